The van der Waals surface area contributed by atoms with E-state index in [2.05, 4.69) is 44.0 Å². The molecule has 0 amide bonds. The summed E-state index contributed by atoms with van der Waals surface area (Å²) in [5.74, 6) is 0. The number of aromatic nitrogens is 1. The van der Waals surface area contributed by atoms with E-state index in [4.69, 9.17) is 0 Å². The summed E-state index contributed by atoms with van der Waals surface area (Å²) in [5, 5.41) is 0. The van der Waals surface area contributed by atoms with Gasteiger partial charge in [0.2, 0.25) is 0 Å². The molecule has 0 N–H and O–H groups in total. The molecule has 0 saturated heterocycles. The van der Waals surface area contributed by atoms with Crippen molar-refractivity contribution in [2.75, 3.05) is 0 Å². The molecule has 68 valence electrons. The van der Waals surface area contributed by atoms with Crippen molar-refractivity contribution in [3.8, 4) is 0 Å². The van der Waals surface area contributed by atoms with Crippen molar-refractivity contribution in [3.63, 3.8) is 0 Å². The molecule has 0 atom stereocenters. The van der Waals surface area contributed by atoms with Crippen molar-refractivity contribution < 1.29 is 0 Å². The van der Waals surface area contributed by atoms with Gasteiger partial charge in [-0.3, -0.25) is 4.98 Å². The lowest BCUT2D eigenvalue weighted by Gasteiger charge is -2.22. The van der Waals surface area contributed by atoms with Gasteiger partial charge in [0.05, 0.1) is 5.69 Å². The van der Waals surface area contributed by atoms with Gasteiger partial charge in [0.1, 0.15) is 0 Å². The van der Waals surface area contributed by atoms with Crippen molar-refractivity contribution >= 4 is 6.08 Å². The summed E-state index contributed by atoms with van der Waals surface area (Å²) in [6.07, 6.45) is 7.27. The standard InChI is InChI=1S/C12H15N/c1-12(2,3)10-7-8-13-11-6-4-5-9(10)11/h4,6-8H,5H2,1-3H3. The van der Waals surface area contributed by atoms with Gasteiger partial charge in [0.25, 0.3) is 0 Å². The van der Waals surface area contributed by atoms with Gasteiger partial charge >= 0.3 is 0 Å². The summed E-state index contributed by atoms with van der Waals surface area (Å²) >= 11 is 0. The van der Waals surface area contributed by atoms with Crippen LogP contribution in [-0.4, -0.2) is 4.98 Å². The van der Waals surface area contributed by atoms with Crippen LogP contribution >= 0.6 is 0 Å². The zero-order valence-corrected chi connectivity index (χ0v) is 8.46. The third kappa shape index (κ3) is 1.39. The van der Waals surface area contributed by atoms with E-state index in [9.17, 15) is 0 Å². The first-order chi connectivity index (χ1) is 6.09. The minimum absolute atomic E-state index is 0.235. The molecule has 0 saturated carbocycles. The van der Waals surface area contributed by atoms with Crippen LogP contribution in [0.15, 0.2) is 18.3 Å². The average molecular weight is 173 g/mol. The molecule has 1 heterocycles. The quantitative estimate of drug-likeness (QED) is 0.587. The molecule has 0 aromatic carbocycles. The predicted octanol–water partition coefficient (Wildman–Crippen LogP) is 2.95. The Hall–Kier alpha value is -1.11. The van der Waals surface area contributed by atoms with Crippen LogP contribution in [0.1, 0.15) is 37.6 Å². The highest BCUT2D eigenvalue weighted by Crippen LogP contribution is 2.30. The van der Waals surface area contributed by atoms with Gasteiger partial charge in [0.15, 0.2) is 0 Å². The second kappa shape index (κ2) is 2.69. The summed E-state index contributed by atoms with van der Waals surface area (Å²) in [7, 11) is 0. The smallest absolute Gasteiger partial charge is 0.0664 e. The molecule has 1 aliphatic carbocycles. The average Bonchev–Trinajstić information content (AvgIpc) is 2.48. The van der Waals surface area contributed by atoms with E-state index in [1.54, 1.807) is 0 Å². The maximum Gasteiger partial charge on any atom is 0.0664 e. The largest absolute Gasteiger partial charge is 0.257 e. The molecule has 1 aromatic rings. The topological polar surface area (TPSA) is 12.9 Å². The molecular weight excluding hydrogens is 158 g/mol. The Balaban J connectivity index is 2.57. The van der Waals surface area contributed by atoms with Crippen molar-refractivity contribution in [3.05, 3.63) is 35.2 Å². The highest BCUT2D eigenvalue weighted by molar-refractivity contribution is 5.59. The van der Waals surface area contributed by atoms with E-state index >= 15 is 0 Å². The first-order valence-corrected chi connectivity index (χ1v) is 4.74. The summed E-state index contributed by atoms with van der Waals surface area (Å²) in [4.78, 5) is 4.35. The Morgan fingerprint density at radius 1 is 1.31 bits per heavy atom. The highest BCUT2D eigenvalue weighted by Gasteiger charge is 2.20. The predicted molar refractivity (Wildman–Crippen MR) is 55.7 cm³/mol. The Kier molecular flexibility index (Phi) is 1.76. The lowest BCUT2D eigenvalue weighted by Crippen LogP contribution is -2.14. The van der Waals surface area contributed by atoms with E-state index < -0.39 is 0 Å². The SMILES string of the molecule is CC(C)(C)c1ccnc2c1CC=C2. The van der Waals surface area contributed by atoms with E-state index in [0.717, 1.165) is 12.1 Å². The lowest BCUT2D eigenvalue weighted by molar-refractivity contribution is 0.583. The minimum atomic E-state index is 0.235. The molecule has 2 rings (SSSR count). The molecule has 0 radical (unpaired) electrons. The molecule has 0 unspecified atom stereocenters. The zero-order chi connectivity index (χ0) is 9.47. The van der Waals surface area contributed by atoms with Crippen LogP contribution in [0.25, 0.3) is 6.08 Å². The van der Waals surface area contributed by atoms with Crippen LogP contribution in [0, 0.1) is 0 Å². The van der Waals surface area contributed by atoms with Crippen LogP contribution in [0.5, 0.6) is 0 Å². The molecule has 1 heteroatoms. The molecule has 0 spiro atoms. The van der Waals surface area contributed by atoms with Gasteiger partial charge in [-0.1, -0.05) is 26.8 Å². The Labute approximate surface area is 79.5 Å². The molecule has 0 fully saturated rings. The van der Waals surface area contributed by atoms with E-state index in [1.807, 2.05) is 6.20 Å². The lowest BCUT2D eigenvalue weighted by atomic mass is 9.84. The third-order valence-electron chi connectivity index (χ3n) is 2.49. The normalized spacial score (nSPS) is 14.7. The second-order valence-corrected chi connectivity index (χ2v) is 4.58. The van der Waals surface area contributed by atoms with Crippen LogP contribution in [0.3, 0.4) is 0 Å². The van der Waals surface area contributed by atoms with Gasteiger partial charge in [-0.25, -0.2) is 0 Å². The molecule has 1 aliphatic rings. The van der Waals surface area contributed by atoms with Gasteiger partial charge in [0, 0.05) is 6.20 Å². The van der Waals surface area contributed by atoms with E-state index in [1.165, 1.54) is 11.1 Å². The summed E-state index contributed by atoms with van der Waals surface area (Å²) < 4.78 is 0. The summed E-state index contributed by atoms with van der Waals surface area (Å²) in [6.45, 7) is 6.75. The highest BCUT2D eigenvalue weighted by atomic mass is 14.7. The fraction of sp³-hybridized carbons (Fsp3) is 0.417. The first-order valence-electron chi connectivity index (χ1n) is 4.74. The minimum Gasteiger partial charge on any atom is -0.257 e. The van der Waals surface area contributed by atoms with Gasteiger partial charge in [-0.2, -0.15) is 0 Å². The van der Waals surface area contributed by atoms with Crippen LogP contribution in [0.4, 0.5) is 0 Å². The number of fused-ring (bicyclic) bond motifs is 1. The van der Waals surface area contributed by atoms with Crippen molar-refractivity contribution in [1.82, 2.24) is 4.98 Å². The van der Waals surface area contributed by atoms with Crippen molar-refractivity contribution in [2.45, 2.75) is 32.6 Å². The number of allylic oxidation sites excluding steroid dienone is 1. The molecule has 1 nitrogen and oxygen atoms in total. The number of hydrogen-bond donors (Lipinski definition) is 0. The molecule has 1 aromatic heterocycles. The Bertz CT molecular complexity index is 356. The monoisotopic (exact) mass is 173 g/mol. The van der Waals surface area contributed by atoms with Gasteiger partial charge < -0.3 is 0 Å². The fourth-order valence-electron chi connectivity index (χ4n) is 1.86. The molecule has 13 heavy (non-hydrogen) atoms. The number of hydrogen-bond acceptors (Lipinski definition) is 1. The summed E-state index contributed by atoms with van der Waals surface area (Å²) in [5.41, 5.74) is 4.24. The Morgan fingerprint density at radius 2 is 2.08 bits per heavy atom. The Morgan fingerprint density at radius 3 is 2.77 bits per heavy atom. The fourth-order valence-corrected chi connectivity index (χ4v) is 1.86. The second-order valence-electron chi connectivity index (χ2n) is 4.58. The van der Waals surface area contributed by atoms with Crippen LogP contribution in [0.2, 0.25) is 0 Å². The molecule has 0 bridgehead atoms. The number of nitrogens with zero attached hydrogens (tertiary/aromatic N) is 1. The summed E-state index contributed by atoms with van der Waals surface area (Å²) in [6, 6.07) is 2.14. The van der Waals surface area contributed by atoms with Gasteiger partial charge in [-0.05, 0) is 35.1 Å². The van der Waals surface area contributed by atoms with Crippen molar-refractivity contribution in [2.24, 2.45) is 0 Å². The zero-order valence-electron chi connectivity index (χ0n) is 8.46. The van der Waals surface area contributed by atoms with Crippen LogP contribution < -0.4 is 0 Å². The maximum atomic E-state index is 4.35. The van der Waals surface area contributed by atoms with Crippen LogP contribution in [-0.2, 0) is 11.8 Å². The number of pyridine rings is 1. The number of rotatable bonds is 0. The first kappa shape index (κ1) is 8.49. The maximum absolute atomic E-state index is 4.35. The van der Waals surface area contributed by atoms with Gasteiger partial charge in [-0.15, -0.1) is 0 Å². The van der Waals surface area contributed by atoms with E-state index in [-0.39, 0.29) is 5.41 Å². The molecule has 0 aliphatic heterocycles. The van der Waals surface area contributed by atoms with E-state index in [0.29, 0.717) is 0 Å². The van der Waals surface area contributed by atoms with Crippen molar-refractivity contribution in [1.29, 1.82) is 0 Å². The molecular formula is C12H15N. The third-order valence-corrected chi connectivity index (χ3v) is 2.49.